The Labute approximate surface area is 177 Å². The fourth-order valence-corrected chi connectivity index (χ4v) is 5.86. The molecule has 4 aliphatic rings. The Bertz CT molecular complexity index is 871. The largest absolute Gasteiger partial charge is 0.484 e. The number of rotatable bonds is 6. The van der Waals surface area contributed by atoms with Crippen molar-refractivity contribution in [3.63, 3.8) is 0 Å². The van der Waals surface area contributed by atoms with E-state index in [0.29, 0.717) is 12.3 Å². The van der Waals surface area contributed by atoms with Crippen LogP contribution in [0.15, 0.2) is 18.2 Å². The Morgan fingerprint density at radius 3 is 2.83 bits per heavy atom. The zero-order chi connectivity index (χ0) is 20.6. The molecule has 2 N–H and O–H groups in total. The van der Waals surface area contributed by atoms with Crippen LogP contribution in [0.1, 0.15) is 32.1 Å². The third-order valence-electron chi connectivity index (χ3n) is 5.93. The van der Waals surface area contributed by atoms with Crippen LogP contribution < -0.4 is 15.4 Å². The van der Waals surface area contributed by atoms with Crippen molar-refractivity contribution in [2.45, 2.75) is 54.2 Å². The first-order valence-corrected chi connectivity index (χ1v) is 10.9. The van der Waals surface area contributed by atoms with Crippen molar-refractivity contribution in [2.75, 3.05) is 6.61 Å². The molecule has 1 aromatic carbocycles. The van der Waals surface area contributed by atoms with Crippen LogP contribution in [0.2, 0.25) is 5.02 Å². The number of carbonyl (C=O) groups excluding carboxylic acids is 2. The number of nitriles is 1. The maximum Gasteiger partial charge on any atom is 0.258 e. The molecule has 2 unspecified atom stereocenters. The second-order valence-corrected chi connectivity index (χ2v) is 9.82. The van der Waals surface area contributed by atoms with Gasteiger partial charge in [0.1, 0.15) is 11.6 Å². The highest BCUT2D eigenvalue weighted by molar-refractivity contribution is 8.01. The minimum Gasteiger partial charge on any atom is -0.484 e. The van der Waals surface area contributed by atoms with Gasteiger partial charge in [-0.15, -0.1) is 11.8 Å². The van der Waals surface area contributed by atoms with E-state index in [9.17, 15) is 14.0 Å². The molecule has 3 aliphatic carbocycles. The topological polar surface area (TPSA) is 91.2 Å². The number of nitrogens with one attached hydrogen (secondary N) is 2. The van der Waals surface area contributed by atoms with Gasteiger partial charge in [0.25, 0.3) is 5.91 Å². The van der Waals surface area contributed by atoms with Gasteiger partial charge in [0.05, 0.1) is 21.6 Å². The van der Waals surface area contributed by atoms with Gasteiger partial charge in [-0.1, -0.05) is 11.6 Å². The maximum absolute atomic E-state index is 13.4. The summed E-state index contributed by atoms with van der Waals surface area (Å²) in [6.45, 7) is -0.210. The summed E-state index contributed by atoms with van der Waals surface area (Å²) in [5.41, 5.74) is -0.299. The van der Waals surface area contributed by atoms with Gasteiger partial charge >= 0.3 is 0 Å². The molecule has 2 amide bonds. The number of hydrogen-bond donors (Lipinski definition) is 2. The average molecular weight is 438 g/mol. The monoisotopic (exact) mass is 437 g/mol. The van der Waals surface area contributed by atoms with Crippen LogP contribution in [-0.2, 0) is 9.59 Å². The minimum absolute atomic E-state index is 0.000116. The highest BCUT2D eigenvalue weighted by Gasteiger charge is 2.57. The van der Waals surface area contributed by atoms with Crippen molar-refractivity contribution in [1.29, 1.82) is 5.26 Å². The smallest absolute Gasteiger partial charge is 0.258 e. The van der Waals surface area contributed by atoms with Gasteiger partial charge in [0.2, 0.25) is 5.91 Å². The van der Waals surface area contributed by atoms with E-state index in [1.54, 1.807) is 0 Å². The number of thioether (sulfide) groups is 1. The molecule has 2 bridgehead atoms. The molecule has 29 heavy (non-hydrogen) atoms. The Morgan fingerprint density at radius 1 is 1.34 bits per heavy atom. The van der Waals surface area contributed by atoms with Gasteiger partial charge in [0.15, 0.2) is 6.61 Å². The first kappa shape index (κ1) is 20.3. The Balaban J connectivity index is 1.24. The lowest BCUT2D eigenvalue weighted by Crippen LogP contribution is -2.53. The molecule has 1 saturated heterocycles. The van der Waals surface area contributed by atoms with Crippen LogP contribution in [0, 0.1) is 23.1 Å². The van der Waals surface area contributed by atoms with Gasteiger partial charge in [0, 0.05) is 17.6 Å². The molecule has 0 spiro atoms. The standard InChI is InChI=1S/C20H21ClFN3O3S/c21-14-3-1-12(5-15(14)22)28-10-18(26)25-20-6-11(7-20)16(8-20)24-19(27)17-4-2-13(9-23)29-17/h1,3,5,11,13,16-17H,2,4,6-8,10H2,(H,24,27)(H,25,26)/t11?,13?,16-,17?,20?/m0/s1. The van der Waals surface area contributed by atoms with Crippen molar-refractivity contribution in [3.05, 3.63) is 29.0 Å². The number of fused-ring (bicyclic) bond motifs is 1. The number of ether oxygens (including phenoxy) is 1. The third kappa shape index (κ3) is 4.31. The SMILES string of the molecule is N#CC1CCC(C(=O)N[C@H]2CC3(NC(=O)COc4ccc(Cl)c(F)c4)CC2C3)S1. The predicted molar refractivity (Wildman–Crippen MR) is 107 cm³/mol. The summed E-state index contributed by atoms with van der Waals surface area (Å²) in [6, 6.07) is 6.30. The molecule has 5 rings (SSSR count). The van der Waals surface area contributed by atoms with Gasteiger partial charge < -0.3 is 15.4 Å². The second-order valence-electron chi connectivity index (χ2n) is 8.00. The molecule has 3 saturated carbocycles. The van der Waals surface area contributed by atoms with E-state index in [2.05, 4.69) is 16.7 Å². The van der Waals surface area contributed by atoms with Crippen LogP contribution in [0.25, 0.3) is 0 Å². The Morgan fingerprint density at radius 2 is 2.14 bits per heavy atom. The molecular weight excluding hydrogens is 417 g/mol. The van der Waals surface area contributed by atoms with E-state index in [1.807, 2.05) is 0 Å². The van der Waals surface area contributed by atoms with E-state index < -0.39 is 5.82 Å². The lowest BCUT2D eigenvalue weighted by Gasteiger charge is -2.39. The van der Waals surface area contributed by atoms with E-state index >= 15 is 0 Å². The average Bonchev–Trinajstić information content (AvgIpc) is 3.35. The predicted octanol–water partition coefficient (Wildman–Crippen LogP) is 2.80. The Kier molecular flexibility index (Phi) is 5.63. The molecule has 6 nitrogen and oxygen atoms in total. The summed E-state index contributed by atoms with van der Waals surface area (Å²) in [7, 11) is 0. The molecule has 1 heterocycles. The molecular formula is C20H21ClFN3O3S. The number of halogens is 2. The number of benzene rings is 1. The van der Waals surface area contributed by atoms with E-state index in [1.165, 1.54) is 23.9 Å². The van der Waals surface area contributed by atoms with Crippen molar-refractivity contribution in [3.8, 4) is 11.8 Å². The fourth-order valence-electron chi connectivity index (χ4n) is 4.55. The van der Waals surface area contributed by atoms with Crippen LogP contribution >= 0.6 is 23.4 Å². The number of amides is 2. The summed E-state index contributed by atoms with van der Waals surface area (Å²) >= 11 is 7.07. The zero-order valence-corrected chi connectivity index (χ0v) is 17.2. The summed E-state index contributed by atoms with van der Waals surface area (Å²) in [4.78, 5) is 24.8. The quantitative estimate of drug-likeness (QED) is 0.714. The normalized spacial score (nSPS) is 32.2. The number of nitrogens with zero attached hydrogens (tertiary/aromatic N) is 1. The molecule has 0 radical (unpaired) electrons. The van der Waals surface area contributed by atoms with E-state index in [4.69, 9.17) is 21.6 Å². The highest BCUT2D eigenvalue weighted by atomic mass is 35.5. The lowest BCUT2D eigenvalue weighted by molar-refractivity contribution is -0.126. The number of hydrogen-bond acceptors (Lipinski definition) is 5. The zero-order valence-electron chi connectivity index (χ0n) is 15.6. The minimum atomic E-state index is -0.596. The molecule has 1 aromatic rings. The van der Waals surface area contributed by atoms with Crippen molar-refractivity contribution in [1.82, 2.24) is 10.6 Å². The number of carbonyl (C=O) groups is 2. The molecule has 154 valence electrons. The summed E-state index contributed by atoms with van der Waals surface area (Å²) in [5.74, 6) is -0.259. The fraction of sp³-hybridized carbons (Fsp3) is 0.550. The molecule has 3 atom stereocenters. The molecule has 0 aromatic heterocycles. The van der Waals surface area contributed by atoms with Crippen LogP contribution in [-0.4, -0.2) is 40.5 Å². The molecule has 1 aliphatic heterocycles. The maximum atomic E-state index is 13.4. The third-order valence-corrected chi connectivity index (χ3v) is 7.69. The first-order chi connectivity index (χ1) is 13.9. The van der Waals surface area contributed by atoms with Gasteiger partial charge in [-0.25, -0.2) is 4.39 Å². The van der Waals surface area contributed by atoms with E-state index in [-0.39, 0.29) is 51.3 Å². The Hall–Kier alpha value is -1.98. The van der Waals surface area contributed by atoms with Crippen LogP contribution in [0.4, 0.5) is 4.39 Å². The van der Waals surface area contributed by atoms with Crippen molar-refractivity contribution in [2.24, 2.45) is 5.92 Å². The summed E-state index contributed by atoms with van der Waals surface area (Å²) in [6.07, 6.45) is 3.85. The molecule has 4 fully saturated rings. The molecule has 9 heteroatoms. The van der Waals surface area contributed by atoms with E-state index in [0.717, 1.165) is 31.7 Å². The summed E-state index contributed by atoms with van der Waals surface area (Å²) < 4.78 is 18.8. The van der Waals surface area contributed by atoms with Gasteiger partial charge in [-0.05, 0) is 50.2 Å². The van der Waals surface area contributed by atoms with Crippen LogP contribution in [0.5, 0.6) is 5.75 Å². The second kappa shape index (κ2) is 8.04. The first-order valence-electron chi connectivity index (χ1n) is 9.62. The van der Waals surface area contributed by atoms with Crippen molar-refractivity contribution >= 4 is 35.2 Å². The van der Waals surface area contributed by atoms with Gasteiger partial charge in [-0.3, -0.25) is 9.59 Å². The highest BCUT2D eigenvalue weighted by Crippen LogP contribution is 2.52. The summed E-state index contributed by atoms with van der Waals surface area (Å²) in [5, 5.41) is 14.9. The lowest BCUT2D eigenvalue weighted by atomic mass is 9.76. The van der Waals surface area contributed by atoms with Gasteiger partial charge in [-0.2, -0.15) is 5.26 Å². The van der Waals surface area contributed by atoms with Crippen molar-refractivity contribution < 1.29 is 18.7 Å². The van der Waals surface area contributed by atoms with Crippen LogP contribution in [0.3, 0.4) is 0 Å².